The first kappa shape index (κ1) is 26.0. The van der Waals surface area contributed by atoms with Gasteiger partial charge in [0.05, 0.1) is 18.0 Å². The summed E-state index contributed by atoms with van der Waals surface area (Å²) in [5.41, 5.74) is 1.76. The Morgan fingerprint density at radius 2 is 1.47 bits per heavy atom. The zero-order chi connectivity index (χ0) is 27.1. The topological polar surface area (TPSA) is 76.2 Å². The molecular formula is C31H26N2O5. The molecule has 1 heterocycles. The average molecular weight is 507 g/mol. The van der Waals surface area contributed by atoms with Gasteiger partial charge in [0.15, 0.2) is 11.5 Å². The summed E-state index contributed by atoms with van der Waals surface area (Å²) in [4.78, 5) is 42.8. The smallest absolute Gasteiger partial charge is 0.343 e. The lowest BCUT2D eigenvalue weighted by molar-refractivity contribution is -0.121. The number of barbiturate groups is 1. The van der Waals surface area contributed by atoms with Crippen molar-refractivity contribution < 1.29 is 23.9 Å². The molecular weight excluding hydrogens is 480 g/mol. The minimum Gasteiger partial charge on any atom is -0.490 e. The second-order valence-electron chi connectivity index (χ2n) is 8.22. The monoisotopic (exact) mass is 506 g/mol. The Balaban J connectivity index is 1.88. The Hall–Kier alpha value is -5.09. The van der Waals surface area contributed by atoms with E-state index in [1.54, 1.807) is 78.9 Å². The van der Waals surface area contributed by atoms with Gasteiger partial charge in [0.2, 0.25) is 0 Å². The summed E-state index contributed by atoms with van der Waals surface area (Å²) >= 11 is 0. The van der Waals surface area contributed by atoms with Gasteiger partial charge in [-0.1, -0.05) is 48.4 Å². The fourth-order valence-corrected chi connectivity index (χ4v) is 4.12. The molecule has 4 amide bonds. The number of hydrogen-bond donors (Lipinski definition) is 0. The average Bonchev–Trinajstić information content (AvgIpc) is 2.92. The van der Waals surface area contributed by atoms with Crippen molar-refractivity contribution in [1.29, 1.82) is 0 Å². The van der Waals surface area contributed by atoms with Crippen molar-refractivity contribution in [3.63, 3.8) is 0 Å². The van der Waals surface area contributed by atoms with E-state index in [2.05, 4.69) is 12.5 Å². The lowest BCUT2D eigenvalue weighted by atomic mass is 10.0. The van der Waals surface area contributed by atoms with E-state index in [1.807, 2.05) is 6.92 Å². The zero-order valence-electron chi connectivity index (χ0n) is 20.9. The van der Waals surface area contributed by atoms with Gasteiger partial charge < -0.3 is 9.47 Å². The van der Waals surface area contributed by atoms with Crippen molar-refractivity contribution in [3.05, 3.63) is 102 Å². The quantitative estimate of drug-likeness (QED) is 0.168. The number of para-hydroxylation sites is 2. The summed E-state index contributed by atoms with van der Waals surface area (Å²) in [5.74, 6) is 1.88. The van der Waals surface area contributed by atoms with E-state index in [1.165, 1.54) is 6.08 Å². The molecule has 0 unspecified atom stereocenters. The molecule has 0 spiro atoms. The van der Waals surface area contributed by atoms with E-state index in [0.717, 1.165) is 15.4 Å². The third-order valence-electron chi connectivity index (χ3n) is 5.71. The minimum absolute atomic E-state index is 0.0435. The third kappa shape index (κ3) is 5.20. The number of urea groups is 1. The van der Waals surface area contributed by atoms with Crippen LogP contribution in [-0.4, -0.2) is 31.1 Å². The Kier molecular flexibility index (Phi) is 8.04. The SMILES string of the molecule is C#CCOc1c(CC=C)cc(C=C2C(=O)N(c3ccccc3)C(=O)N(c3ccccc3)C2=O)cc1OCC. The van der Waals surface area contributed by atoms with Crippen molar-refractivity contribution in [3.8, 4) is 23.8 Å². The van der Waals surface area contributed by atoms with Crippen LogP contribution >= 0.6 is 0 Å². The standard InChI is InChI=1S/C31H26N2O5/c1-4-13-23-19-22(21-27(37-6-3)28(23)38-18-5-2)20-26-29(34)32(24-14-9-7-10-15-24)31(36)33(30(26)35)25-16-11-8-12-17-25/h2,4,7-12,14-17,19-21H,1,6,13,18H2,3H3. The molecule has 0 aromatic heterocycles. The summed E-state index contributed by atoms with van der Waals surface area (Å²) in [6.45, 7) is 6.04. The number of nitrogens with zero attached hydrogens (tertiary/aromatic N) is 2. The predicted octanol–water partition coefficient (Wildman–Crippen LogP) is 5.41. The molecule has 0 N–H and O–H groups in total. The molecule has 7 nitrogen and oxygen atoms in total. The number of rotatable bonds is 9. The van der Waals surface area contributed by atoms with E-state index in [-0.39, 0.29) is 12.2 Å². The third-order valence-corrected chi connectivity index (χ3v) is 5.71. The molecule has 3 aromatic rings. The van der Waals surface area contributed by atoms with Gasteiger partial charge >= 0.3 is 6.03 Å². The summed E-state index contributed by atoms with van der Waals surface area (Å²) in [6, 6.07) is 19.7. The number of terminal acetylenes is 1. The summed E-state index contributed by atoms with van der Waals surface area (Å²) < 4.78 is 11.5. The number of amides is 4. The van der Waals surface area contributed by atoms with Gasteiger partial charge in [-0.15, -0.1) is 13.0 Å². The van der Waals surface area contributed by atoms with Crippen LogP contribution in [0.2, 0.25) is 0 Å². The van der Waals surface area contributed by atoms with Crippen LogP contribution in [0.15, 0.2) is 91.0 Å². The Labute approximate surface area is 221 Å². The number of anilines is 2. The van der Waals surface area contributed by atoms with E-state index in [9.17, 15) is 14.4 Å². The van der Waals surface area contributed by atoms with Gasteiger partial charge in [0.1, 0.15) is 12.2 Å². The lowest BCUT2D eigenvalue weighted by Gasteiger charge is -2.34. The summed E-state index contributed by atoms with van der Waals surface area (Å²) in [5, 5.41) is 0. The lowest BCUT2D eigenvalue weighted by Crippen LogP contribution is -2.57. The highest BCUT2D eigenvalue weighted by atomic mass is 16.5. The number of hydrogen-bond acceptors (Lipinski definition) is 5. The molecule has 0 radical (unpaired) electrons. The van der Waals surface area contributed by atoms with Crippen molar-refractivity contribution in [2.75, 3.05) is 23.0 Å². The first-order valence-electron chi connectivity index (χ1n) is 12.0. The van der Waals surface area contributed by atoms with Gasteiger partial charge in [0, 0.05) is 5.56 Å². The van der Waals surface area contributed by atoms with E-state index >= 15 is 0 Å². The Bertz CT molecular complexity index is 1370. The molecule has 0 saturated carbocycles. The summed E-state index contributed by atoms with van der Waals surface area (Å²) in [6.07, 6.45) is 8.98. The normalized spacial score (nSPS) is 13.3. The number of allylic oxidation sites excluding steroid dienone is 1. The van der Waals surface area contributed by atoms with Gasteiger partial charge in [-0.25, -0.2) is 14.6 Å². The molecule has 7 heteroatoms. The molecule has 1 aliphatic heterocycles. The molecule has 0 bridgehead atoms. The van der Waals surface area contributed by atoms with Gasteiger partial charge in [-0.3, -0.25) is 9.59 Å². The minimum atomic E-state index is -0.755. The Morgan fingerprint density at radius 3 is 1.97 bits per heavy atom. The molecule has 0 atom stereocenters. The fraction of sp³-hybridized carbons (Fsp3) is 0.129. The number of ether oxygens (including phenoxy) is 2. The molecule has 0 aliphatic carbocycles. The van der Waals surface area contributed by atoms with Crippen molar-refractivity contribution in [2.24, 2.45) is 0 Å². The number of carbonyl (C=O) groups is 3. The highest BCUT2D eigenvalue weighted by Crippen LogP contribution is 2.36. The van der Waals surface area contributed by atoms with E-state index in [0.29, 0.717) is 41.5 Å². The highest BCUT2D eigenvalue weighted by molar-refractivity contribution is 6.46. The second-order valence-corrected chi connectivity index (χ2v) is 8.22. The fourth-order valence-electron chi connectivity index (χ4n) is 4.12. The van der Waals surface area contributed by atoms with Crippen molar-refractivity contribution >= 4 is 35.3 Å². The van der Waals surface area contributed by atoms with Crippen LogP contribution < -0.4 is 19.3 Å². The molecule has 38 heavy (non-hydrogen) atoms. The molecule has 1 aliphatic rings. The molecule has 190 valence electrons. The Morgan fingerprint density at radius 1 is 0.895 bits per heavy atom. The maximum Gasteiger partial charge on any atom is 0.343 e. The van der Waals surface area contributed by atoms with E-state index < -0.39 is 17.8 Å². The molecule has 1 saturated heterocycles. The maximum absolute atomic E-state index is 13.7. The molecule has 4 rings (SSSR count). The zero-order valence-corrected chi connectivity index (χ0v) is 20.9. The largest absolute Gasteiger partial charge is 0.490 e. The van der Waals surface area contributed by atoms with Crippen LogP contribution in [0.5, 0.6) is 11.5 Å². The maximum atomic E-state index is 13.7. The van der Waals surface area contributed by atoms with Gasteiger partial charge in [-0.05, 0) is 61.4 Å². The number of imide groups is 2. The van der Waals surface area contributed by atoms with Gasteiger partial charge in [-0.2, -0.15) is 0 Å². The van der Waals surface area contributed by atoms with Crippen molar-refractivity contribution in [1.82, 2.24) is 0 Å². The van der Waals surface area contributed by atoms with Crippen LogP contribution in [0.25, 0.3) is 6.08 Å². The van der Waals surface area contributed by atoms with Gasteiger partial charge in [0.25, 0.3) is 11.8 Å². The summed E-state index contributed by atoms with van der Waals surface area (Å²) in [7, 11) is 0. The predicted molar refractivity (Wildman–Crippen MR) is 147 cm³/mol. The first-order valence-corrected chi connectivity index (χ1v) is 12.0. The van der Waals surface area contributed by atoms with Crippen LogP contribution in [0, 0.1) is 12.3 Å². The van der Waals surface area contributed by atoms with E-state index in [4.69, 9.17) is 15.9 Å². The van der Waals surface area contributed by atoms with Crippen LogP contribution in [-0.2, 0) is 16.0 Å². The van der Waals surface area contributed by atoms with Crippen LogP contribution in [0.4, 0.5) is 16.2 Å². The second kappa shape index (κ2) is 11.8. The number of benzene rings is 3. The van der Waals surface area contributed by atoms with Crippen LogP contribution in [0.3, 0.4) is 0 Å². The molecule has 3 aromatic carbocycles. The molecule has 1 fully saturated rings. The highest BCUT2D eigenvalue weighted by Gasteiger charge is 2.43. The first-order chi connectivity index (χ1) is 18.5. The van der Waals surface area contributed by atoms with Crippen molar-refractivity contribution in [2.45, 2.75) is 13.3 Å². The van der Waals surface area contributed by atoms with Crippen LogP contribution in [0.1, 0.15) is 18.1 Å². The number of carbonyl (C=O) groups excluding carboxylic acids is 3.